The smallest absolute Gasteiger partial charge is 0.307 e. The van der Waals surface area contributed by atoms with Crippen molar-refractivity contribution in [2.45, 2.75) is 19.4 Å². The Morgan fingerprint density at radius 3 is 2.38 bits per heavy atom. The molecule has 6 heteroatoms. The Hall–Kier alpha value is -0.610. The van der Waals surface area contributed by atoms with Gasteiger partial charge in [0.05, 0.1) is 11.8 Å². The Labute approximate surface area is 84.1 Å². The average Bonchev–Trinajstić information content (AvgIpc) is 2.27. The summed E-state index contributed by atoms with van der Waals surface area (Å²) in [6, 6.07) is 0. The van der Waals surface area contributed by atoms with Gasteiger partial charge in [0.25, 0.3) is 5.24 Å². The van der Waals surface area contributed by atoms with Gasteiger partial charge in [0.2, 0.25) is 5.24 Å². The van der Waals surface area contributed by atoms with Crippen LogP contribution in [0, 0.1) is 5.41 Å². The Bertz CT molecular complexity index is 288. The van der Waals surface area contributed by atoms with E-state index in [0.29, 0.717) is 0 Å². The SMILES string of the molecule is C[C@]1(C(=O)Cl)CC(=O)O[C@@H]1C(=O)Cl. The molecule has 0 radical (unpaired) electrons. The first kappa shape index (κ1) is 10.5. The molecule has 0 aliphatic carbocycles. The number of ether oxygens (including phenoxy) is 1. The van der Waals surface area contributed by atoms with Gasteiger partial charge in [-0.3, -0.25) is 14.4 Å². The Kier molecular flexibility index (Phi) is 2.63. The maximum atomic E-state index is 11.0. The fourth-order valence-electron chi connectivity index (χ4n) is 1.17. The molecule has 0 bridgehead atoms. The van der Waals surface area contributed by atoms with Crippen LogP contribution in [0.15, 0.2) is 0 Å². The van der Waals surface area contributed by atoms with E-state index in [9.17, 15) is 14.4 Å². The molecule has 1 rings (SSSR count). The average molecular weight is 225 g/mol. The molecule has 4 nitrogen and oxygen atoms in total. The molecule has 1 aliphatic heterocycles. The van der Waals surface area contributed by atoms with Crippen LogP contribution in [0.2, 0.25) is 0 Å². The number of esters is 1. The van der Waals surface area contributed by atoms with E-state index >= 15 is 0 Å². The third kappa shape index (κ3) is 1.69. The minimum absolute atomic E-state index is 0.210. The van der Waals surface area contributed by atoms with Crippen molar-refractivity contribution in [2.24, 2.45) is 5.41 Å². The molecule has 0 amide bonds. The summed E-state index contributed by atoms with van der Waals surface area (Å²) in [7, 11) is 0. The summed E-state index contributed by atoms with van der Waals surface area (Å²) in [5.74, 6) is -0.643. The number of carbonyl (C=O) groups is 3. The number of halogens is 2. The summed E-state index contributed by atoms with van der Waals surface area (Å²) < 4.78 is 4.57. The molecule has 0 N–H and O–H groups in total. The molecule has 1 saturated heterocycles. The van der Waals surface area contributed by atoms with Crippen LogP contribution < -0.4 is 0 Å². The van der Waals surface area contributed by atoms with Crippen LogP contribution in [0.3, 0.4) is 0 Å². The van der Waals surface area contributed by atoms with Crippen molar-refractivity contribution in [3.05, 3.63) is 0 Å². The Morgan fingerprint density at radius 1 is 1.54 bits per heavy atom. The van der Waals surface area contributed by atoms with E-state index in [4.69, 9.17) is 23.2 Å². The fraction of sp³-hybridized carbons (Fsp3) is 0.571. The second-order valence-electron chi connectivity index (χ2n) is 3.04. The predicted molar refractivity (Wildman–Crippen MR) is 44.3 cm³/mol. The molecule has 0 saturated carbocycles. The molecule has 2 atom stereocenters. The summed E-state index contributed by atoms with van der Waals surface area (Å²) in [5, 5.41) is -1.68. The lowest BCUT2D eigenvalue weighted by Gasteiger charge is -2.20. The monoisotopic (exact) mass is 224 g/mol. The van der Waals surface area contributed by atoms with Crippen molar-refractivity contribution in [2.75, 3.05) is 0 Å². The van der Waals surface area contributed by atoms with Gasteiger partial charge in [-0.2, -0.15) is 0 Å². The molecular formula is C7H6Cl2O4. The quantitative estimate of drug-likeness (QED) is 0.516. The Morgan fingerprint density at radius 2 is 2.08 bits per heavy atom. The van der Waals surface area contributed by atoms with E-state index in [1.807, 2.05) is 0 Å². The van der Waals surface area contributed by atoms with E-state index in [2.05, 4.69) is 4.74 Å². The lowest BCUT2D eigenvalue weighted by atomic mass is 9.85. The maximum Gasteiger partial charge on any atom is 0.307 e. The molecule has 1 aliphatic rings. The topological polar surface area (TPSA) is 60.4 Å². The summed E-state index contributed by atoms with van der Waals surface area (Å²) >= 11 is 10.4. The molecule has 0 aromatic rings. The van der Waals surface area contributed by atoms with Crippen LogP contribution in [0.4, 0.5) is 0 Å². The first-order valence-corrected chi connectivity index (χ1v) is 4.22. The highest BCUT2D eigenvalue weighted by Gasteiger charge is 2.53. The van der Waals surface area contributed by atoms with Crippen LogP contribution in [0.1, 0.15) is 13.3 Å². The van der Waals surface area contributed by atoms with Crippen LogP contribution in [-0.4, -0.2) is 22.6 Å². The van der Waals surface area contributed by atoms with Gasteiger partial charge < -0.3 is 4.74 Å². The summed E-state index contributed by atoms with van der Waals surface area (Å²) in [6.45, 7) is 1.37. The van der Waals surface area contributed by atoms with Crippen molar-refractivity contribution in [1.82, 2.24) is 0 Å². The number of hydrogen-bond acceptors (Lipinski definition) is 4. The van der Waals surface area contributed by atoms with Crippen molar-refractivity contribution < 1.29 is 19.1 Å². The second kappa shape index (κ2) is 3.27. The minimum Gasteiger partial charge on any atom is -0.452 e. The normalized spacial score (nSPS) is 32.8. The number of hydrogen-bond donors (Lipinski definition) is 0. The van der Waals surface area contributed by atoms with Gasteiger partial charge in [-0.25, -0.2) is 0 Å². The van der Waals surface area contributed by atoms with E-state index in [1.165, 1.54) is 6.92 Å². The summed E-state index contributed by atoms with van der Waals surface area (Å²) in [4.78, 5) is 32.6. The molecular weight excluding hydrogens is 219 g/mol. The van der Waals surface area contributed by atoms with Crippen LogP contribution >= 0.6 is 23.2 Å². The molecule has 0 aromatic carbocycles. The lowest BCUT2D eigenvalue weighted by Crippen LogP contribution is -2.37. The largest absolute Gasteiger partial charge is 0.452 e. The van der Waals surface area contributed by atoms with Gasteiger partial charge in [0, 0.05) is 0 Å². The molecule has 0 spiro atoms. The standard InChI is InChI=1S/C7H6Cl2O4/c1-7(6(9)12)2-3(10)13-4(7)5(8)11/h4H,2H2,1H3/t4-,7+/m1/s1. The number of carbonyl (C=O) groups excluding carboxylic acids is 3. The van der Waals surface area contributed by atoms with Crippen molar-refractivity contribution in [1.29, 1.82) is 0 Å². The maximum absolute atomic E-state index is 11.0. The van der Waals surface area contributed by atoms with E-state index in [1.54, 1.807) is 0 Å². The zero-order valence-corrected chi connectivity index (χ0v) is 8.19. The second-order valence-corrected chi connectivity index (χ2v) is 3.76. The Balaban J connectivity index is 3.01. The zero-order chi connectivity index (χ0) is 10.2. The van der Waals surface area contributed by atoms with Crippen LogP contribution in [-0.2, 0) is 19.1 Å². The van der Waals surface area contributed by atoms with Gasteiger partial charge >= 0.3 is 5.97 Å². The molecule has 0 aromatic heterocycles. The molecule has 1 heterocycles. The third-order valence-corrected chi connectivity index (χ3v) is 2.62. The molecule has 1 fully saturated rings. The predicted octanol–water partition coefficient (Wildman–Crippen LogP) is 0.839. The molecule has 72 valence electrons. The highest BCUT2D eigenvalue weighted by Crippen LogP contribution is 2.38. The van der Waals surface area contributed by atoms with Crippen LogP contribution in [0.25, 0.3) is 0 Å². The third-order valence-electron chi connectivity index (χ3n) is 1.99. The minimum atomic E-state index is -1.32. The van der Waals surface area contributed by atoms with Gasteiger partial charge in [0.15, 0.2) is 6.10 Å². The summed E-state index contributed by atoms with van der Waals surface area (Å²) in [6.07, 6.45) is -1.47. The van der Waals surface area contributed by atoms with Gasteiger partial charge in [-0.05, 0) is 30.1 Å². The molecule has 13 heavy (non-hydrogen) atoms. The number of rotatable bonds is 2. The van der Waals surface area contributed by atoms with Gasteiger partial charge in [-0.1, -0.05) is 0 Å². The number of cyclic esters (lactones) is 1. The van der Waals surface area contributed by atoms with Gasteiger partial charge in [0.1, 0.15) is 0 Å². The zero-order valence-electron chi connectivity index (χ0n) is 6.67. The van der Waals surface area contributed by atoms with Crippen LogP contribution in [0.5, 0.6) is 0 Å². The lowest BCUT2D eigenvalue weighted by molar-refractivity contribution is -0.146. The van der Waals surface area contributed by atoms with E-state index in [0.717, 1.165) is 0 Å². The van der Waals surface area contributed by atoms with Crippen molar-refractivity contribution >= 4 is 39.7 Å². The summed E-state index contributed by atoms with van der Waals surface area (Å²) in [5.41, 5.74) is -1.32. The van der Waals surface area contributed by atoms with Crippen molar-refractivity contribution in [3.63, 3.8) is 0 Å². The first-order chi connectivity index (χ1) is 5.88. The van der Waals surface area contributed by atoms with E-state index < -0.39 is 28.0 Å². The highest BCUT2D eigenvalue weighted by molar-refractivity contribution is 6.68. The van der Waals surface area contributed by atoms with E-state index in [-0.39, 0.29) is 6.42 Å². The first-order valence-electron chi connectivity index (χ1n) is 3.46. The highest BCUT2D eigenvalue weighted by atomic mass is 35.5. The van der Waals surface area contributed by atoms with Gasteiger partial charge in [-0.15, -0.1) is 0 Å². The molecule has 0 unspecified atom stereocenters. The van der Waals surface area contributed by atoms with Crippen molar-refractivity contribution in [3.8, 4) is 0 Å². The fourth-order valence-corrected chi connectivity index (χ4v) is 1.62.